The average Bonchev–Trinajstić information content (AvgIpc) is 3.32. The molecule has 3 heterocycles. The number of esters is 1. The monoisotopic (exact) mass is 836 g/mol. The van der Waals surface area contributed by atoms with E-state index in [2.05, 4.69) is 11.2 Å². The molecule has 3 saturated heterocycles. The number of terminal acetylenes is 1. The summed E-state index contributed by atoms with van der Waals surface area (Å²) in [6.07, 6.45) is 2.26. The van der Waals surface area contributed by atoms with Gasteiger partial charge in [-0.25, -0.2) is 0 Å². The maximum absolute atomic E-state index is 14.2. The van der Waals surface area contributed by atoms with Crippen LogP contribution in [0.3, 0.4) is 0 Å². The molecule has 0 aromatic carbocycles. The molecule has 3 aliphatic rings. The summed E-state index contributed by atoms with van der Waals surface area (Å²) in [6.45, 7) is 13.6. The molecule has 3 fully saturated rings. The molecule has 3 aliphatic heterocycles. The number of methoxy groups -OCH3 is 1. The number of rotatable bonds is 7. The van der Waals surface area contributed by atoms with E-state index in [1.807, 2.05) is 25.9 Å². The summed E-state index contributed by atoms with van der Waals surface area (Å²) < 4.78 is 36.7. The molecule has 12 nitrogen and oxygen atoms in total. The van der Waals surface area contributed by atoms with Crippen molar-refractivity contribution in [3.63, 3.8) is 0 Å². The van der Waals surface area contributed by atoms with Gasteiger partial charge in [0.05, 0.1) is 17.8 Å². The Balaban J connectivity index is 0.00000768. The Hall–Kier alpha value is -1.90. The van der Waals surface area contributed by atoms with E-state index in [-0.39, 0.29) is 57.8 Å². The zero-order chi connectivity index (χ0) is 34.7. The average molecular weight is 836 g/mol. The largest absolute Gasteiger partial charge is 0.611 e. The number of hydrogen-bond acceptors (Lipinski definition) is 11. The van der Waals surface area contributed by atoms with Crippen molar-refractivity contribution < 1.29 is 68.0 Å². The molecule has 13 atom stereocenters. The molecule has 47 heavy (non-hydrogen) atoms. The number of carbonyl (C=O) groups excluding carboxylic acids is 4. The Kier molecular flexibility index (Phi) is 14.6. The smallest absolute Gasteiger partial charge is 0.316 e. The molecule has 0 aromatic rings. The summed E-state index contributed by atoms with van der Waals surface area (Å²) in [5.41, 5.74) is -2.72. The quantitative estimate of drug-likeness (QED) is 0.210. The number of ether oxygens (including phenoxy) is 6. The number of ketones is 2. The number of Topliss-reactive ketones (excluding diaryl/α,β-unsaturated/α-hetero) is 2. The van der Waals surface area contributed by atoms with Crippen LogP contribution in [0.5, 0.6) is 0 Å². The van der Waals surface area contributed by atoms with Crippen LogP contribution in [0.25, 0.3) is 5.32 Å². The summed E-state index contributed by atoms with van der Waals surface area (Å²) in [4.78, 5) is 56.4. The third kappa shape index (κ3) is 8.64. The van der Waals surface area contributed by atoms with E-state index in [9.17, 15) is 19.2 Å². The topological polar surface area (TPSA) is 141 Å². The molecule has 0 N–H and O–H groups in total. The molecule has 1 amide bonds. The number of cyclic esters (lactones) is 1. The first kappa shape index (κ1) is 41.3. The van der Waals surface area contributed by atoms with E-state index < -0.39 is 83.4 Å². The van der Waals surface area contributed by atoms with E-state index >= 15 is 0 Å². The third-order valence-corrected chi connectivity index (χ3v) is 10.1. The predicted octanol–water partition coefficient (Wildman–Crippen LogP) is 3.92. The maximum Gasteiger partial charge on any atom is 0.316 e. The Labute approximate surface area is 293 Å². The normalized spacial score (nSPS) is 41.9. The number of fused-ring (bicyclic) bond motifs is 1. The second kappa shape index (κ2) is 16.7. The van der Waals surface area contributed by atoms with Crippen molar-refractivity contribution >= 4 is 23.6 Å². The molecule has 0 bridgehead atoms. The summed E-state index contributed by atoms with van der Waals surface area (Å²) in [6, 6.07) is -0.982. The predicted molar refractivity (Wildman–Crippen MR) is 169 cm³/mol. The molecule has 0 saturated carbocycles. The first-order chi connectivity index (χ1) is 21.4. The van der Waals surface area contributed by atoms with Crippen molar-refractivity contribution in [1.82, 2.24) is 4.90 Å². The molecule has 1 radical (unpaired) electrons. The fraction of sp³-hybridized carbons (Fsp3) is 0.824. The standard InChI is InChI=1S/C34H54N2O10.Re/c1-13-15-42-33(8)17-18(3)25(37)20(5)28-34(9,46-32(40)35-28)24(14-2)44-30(39)22(7)26(38)21(6)29(33)45-31-27(41-12)23(36(10)11)16-19(4)43-31;/h1,18-24,27-29,31H,14-17H2,2-12H3,(H,35,40);/p-1/t18-,19-,20+,21+,22-,23+,24-,27-,28-,29-,31+,33+,34-;/m1./s1. The van der Waals surface area contributed by atoms with Crippen molar-refractivity contribution in [2.45, 2.75) is 129 Å². The van der Waals surface area contributed by atoms with E-state index in [0.717, 1.165) is 0 Å². The van der Waals surface area contributed by atoms with Crippen LogP contribution in [0.4, 0.5) is 4.79 Å². The summed E-state index contributed by atoms with van der Waals surface area (Å²) in [5.74, 6) is -2.53. The second-order valence-electron chi connectivity index (χ2n) is 13.8. The number of amides is 1. The molecule has 3 rings (SSSR count). The van der Waals surface area contributed by atoms with E-state index in [1.165, 1.54) is 6.92 Å². The van der Waals surface area contributed by atoms with Gasteiger partial charge in [-0.2, -0.15) is 0 Å². The minimum Gasteiger partial charge on any atom is -0.611 e. The van der Waals surface area contributed by atoms with Gasteiger partial charge in [0.1, 0.15) is 36.1 Å². The van der Waals surface area contributed by atoms with Crippen LogP contribution in [-0.4, -0.2) is 110 Å². The number of hydrogen-bond donors (Lipinski definition) is 0. The fourth-order valence-electron chi connectivity index (χ4n) is 7.50. The Bertz CT molecular complexity index is 1180. The summed E-state index contributed by atoms with van der Waals surface area (Å²) in [5, 5.41) is 4.15. The van der Waals surface area contributed by atoms with Crippen LogP contribution in [0, 0.1) is 36.0 Å². The second-order valence-corrected chi connectivity index (χ2v) is 13.8. The van der Waals surface area contributed by atoms with Crippen LogP contribution in [0.15, 0.2) is 0 Å². The van der Waals surface area contributed by atoms with Crippen LogP contribution >= 0.6 is 0 Å². The summed E-state index contributed by atoms with van der Waals surface area (Å²) in [7, 11) is 5.48. The SMILES string of the molecule is C#CCO[C@@]1(C)C[C@@H](C)C(=O)[C@H](C)[C@H]2[N-]C(=O)O[C@]2(C)[C@@H](CC)OC(=O)[C@H](C)C(=O)[C@H](C)[C@H]1O[C@@H]1O[C@H](C)C[C@H](N(C)C)[C@H]1OC.[Re]. The van der Waals surface area contributed by atoms with Gasteiger partial charge in [0.25, 0.3) is 0 Å². The van der Waals surface area contributed by atoms with Gasteiger partial charge in [-0.05, 0) is 61.1 Å². The van der Waals surface area contributed by atoms with Gasteiger partial charge in [-0.15, -0.1) is 6.42 Å². The minimum atomic E-state index is -1.41. The number of nitrogens with zero attached hydrogens (tertiary/aromatic N) is 2. The van der Waals surface area contributed by atoms with Crippen molar-refractivity contribution in [2.75, 3.05) is 27.8 Å². The minimum absolute atomic E-state index is 0. The van der Waals surface area contributed by atoms with Crippen molar-refractivity contribution in [3.8, 4) is 12.3 Å². The zero-order valence-electron chi connectivity index (χ0n) is 29.6. The summed E-state index contributed by atoms with van der Waals surface area (Å²) >= 11 is 0. The van der Waals surface area contributed by atoms with Gasteiger partial charge in [0, 0.05) is 51.3 Å². The van der Waals surface area contributed by atoms with Crippen molar-refractivity contribution in [1.29, 1.82) is 0 Å². The molecule has 13 heteroatoms. The molecule has 0 aliphatic carbocycles. The van der Waals surface area contributed by atoms with Crippen LogP contribution in [0.2, 0.25) is 0 Å². The van der Waals surface area contributed by atoms with E-state index in [1.54, 1.807) is 48.7 Å². The molecule has 0 aromatic heterocycles. The molecule has 267 valence electrons. The fourth-order valence-corrected chi connectivity index (χ4v) is 7.50. The van der Waals surface area contributed by atoms with Crippen molar-refractivity contribution in [3.05, 3.63) is 5.32 Å². The van der Waals surface area contributed by atoms with Crippen LogP contribution < -0.4 is 0 Å². The van der Waals surface area contributed by atoms with Crippen LogP contribution in [0.1, 0.15) is 74.7 Å². The number of likely N-dealkylation sites (N-methyl/N-ethyl adjacent to an activating group) is 1. The molecular weight excluding hydrogens is 783 g/mol. The maximum atomic E-state index is 14.2. The molecule has 0 unspecified atom stereocenters. The molecule has 0 spiro atoms. The van der Waals surface area contributed by atoms with Crippen LogP contribution in [-0.2, 0) is 63.2 Å². The number of carbonyl (C=O) groups is 4. The van der Waals surface area contributed by atoms with Gasteiger partial charge >= 0.3 is 5.97 Å². The van der Waals surface area contributed by atoms with Gasteiger partial charge in [-0.1, -0.05) is 39.7 Å². The first-order valence-electron chi connectivity index (χ1n) is 16.2. The van der Waals surface area contributed by atoms with Gasteiger partial charge in [-0.3, -0.25) is 19.2 Å². The van der Waals surface area contributed by atoms with Gasteiger partial charge in [0.15, 0.2) is 12.1 Å². The Morgan fingerprint density at radius 2 is 1.68 bits per heavy atom. The van der Waals surface area contributed by atoms with Gasteiger partial charge in [0.2, 0.25) is 6.09 Å². The van der Waals surface area contributed by atoms with Gasteiger partial charge < -0.3 is 38.6 Å². The van der Waals surface area contributed by atoms with E-state index in [0.29, 0.717) is 6.42 Å². The Morgan fingerprint density at radius 1 is 1.04 bits per heavy atom. The molecular formula is C34H53N2O10Re-. The van der Waals surface area contributed by atoms with Crippen molar-refractivity contribution in [2.24, 2.45) is 23.7 Å². The third-order valence-electron chi connectivity index (χ3n) is 10.1. The zero-order valence-corrected chi connectivity index (χ0v) is 32.3. The Morgan fingerprint density at radius 3 is 2.23 bits per heavy atom. The first-order valence-corrected chi connectivity index (χ1v) is 16.2. The van der Waals surface area contributed by atoms with E-state index in [4.69, 9.17) is 34.8 Å².